The lowest BCUT2D eigenvalue weighted by molar-refractivity contribution is -0.338. The molecule has 1 aliphatic heterocycles. The number of nitrogens with one attached hydrogen (secondary N) is 1. The summed E-state index contributed by atoms with van der Waals surface area (Å²) in [5.41, 5.74) is 0. The van der Waals surface area contributed by atoms with E-state index in [1.165, 1.54) is 161 Å². The number of amides is 1. The average Bonchev–Trinajstić information content (AvgIpc) is 3.39. The van der Waals surface area contributed by atoms with Crippen LogP contribution in [0.2, 0.25) is 0 Å². The van der Waals surface area contributed by atoms with E-state index in [2.05, 4.69) is 19.2 Å². The Labute approximate surface area is 451 Å². The van der Waals surface area contributed by atoms with Gasteiger partial charge in [-0.3, -0.25) is 13.8 Å². The third-order valence-corrected chi connectivity index (χ3v) is 16.4. The molecule has 18 nitrogen and oxygen atoms in total. The maximum Gasteiger partial charge on any atom is 0.472 e. The van der Waals surface area contributed by atoms with Crippen molar-refractivity contribution in [2.45, 2.75) is 337 Å². The molecule has 0 aromatic heterocycles. The van der Waals surface area contributed by atoms with E-state index in [1.54, 1.807) is 0 Å². The van der Waals surface area contributed by atoms with Crippen LogP contribution >= 0.6 is 7.82 Å². The Balaban J connectivity index is 1.86. The zero-order valence-electron chi connectivity index (χ0n) is 46.5. The van der Waals surface area contributed by atoms with Crippen molar-refractivity contribution in [1.29, 1.82) is 0 Å². The monoisotopic (exact) mass is 1100 g/mol. The van der Waals surface area contributed by atoms with Crippen LogP contribution in [0.25, 0.3) is 0 Å². The fourth-order valence-electron chi connectivity index (χ4n) is 10.4. The Morgan fingerprint density at radius 2 is 0.867 bits per heavy atom. The molecule has 1 amide bonds. The van der Waals surface area contributed by atoms with Gasteiger partial charge < -0.3 is 70.7 Å². The zero-order chi connectivity index (χ0) is 55.3. The van der Waals surface area contributed by atoms with Crippen molar-refractivity contribution in [3.8, 4) is 0 Å². The molecule has 1 saturated heterocycles. The number of phosphoric acid groups is 1. The summed E-state index contributed by atoms with van der Waals surface area (Å²) < 4.78 is 34.9. The molecule has 0 aromatic rings. The van der Waals surface area contributed by atoms with Gasteiger partial charge in [0.25, 0.3) is 0 Å². The van der Waals surface area contributed by atoms with E-state index in [4.69, 9.17) is 18.5 Å². The van der Waals surface area contributed by atoms with Gasteiger partial charge in [0.05, 0.1) is 25.4 Å². The Morgan fingerprint density at radius 1 is 0.507 bits per heavy atom. The third-order valence-electron chi connectivity index (χ3n) is 15.4. The van der Waals surface area contributed by atoms with Crippen LogP contribution in [0, 0.1) is 0 Å². The number of phosphoric ester groups is 1. The predicted molar refractivity (Wildman–Crippen MR) is 289 cm³/mol. The lowest BCUT2D eigenvalue weighted by atomic mass is 9.84. The van der Waals surface area contributed by atoms with E-state index in [0.29, 0.717) is 12.8 Å². The smallest absolute Gasteiger partial charge is 0.394 e. The van der Waals surface area contributed by atoms with Gasteiger partial charge in [0, 0.05) is 6.42 Å². The van der Waals surface area contributed by atoms with Crippen LogP contribution in [0.5, 0.6) is 0 Å². The first kappa shape index (κ1) is 70.2. The van der Waals surface area contributed by atoms with Gasteiger partial charge in [0.1, 0.15) is 67.1 Å². The quantitative estimate of drug-likeness (QED) is 0.0204. The largest absolute Gasteiger partial charge is 0.472 e. The van der Waals surface area contributed by atoms with Gasteiger partial charge in [0.15, 0.2) is 6.29 Å². The molecule has 1 aliphatic carbocycles. The molecule has 2 aliphatic rings. The van der Waals surface area contributed by atoms with Crippen LogP contribution in [-0.4, -0.2) is 161 Å². The van der Waals surface area contributed by atoms with E-state index < -0.39 is 113 Å². The van der Waals surface area contributed by atoms with Crippen LogP contribution in [0.4, 0.5) is 0 Å². The Morgan fingerprint density at radius 3 is 1.27 bits per heavy atom. The molecule has 2 rings (SSSR count). The summed E-state index contributed by atoms with van der Waals surface area (Å²) >= 11 is 0. The normalized spacial score (nSPS) is 27.2. The van der Waals surface area contributed by atoms with E-state index in [0.717, 1.165) is 51.4 Å². The van der Waals surface area contributed by atoms with Gasteiger partial charge in [0.2, 0.25) is 5.91 Å². The second-order valence-electron chi connectivity index (χ2n) is 22.0. The summed E-state index contributed by atoms with van der Waals surface area (Å²) in [7, 11) is -5.42. The molecule has 1 heterocycles. The molecule has 446 valence electrons. The van der Waals surface area contributed by atoms with Gasteiger partial charge in [-0.2, -0.15) is 0 Å². The van der Waals surface area contributed by atoms with Gasteiger partial charge in [-0.15, -0.1) is 0 Å². The molecule has 0 aromatic carbocycles. The van der Waals surface area contributed by atoms with Crippen LogP contribution in [0.15, 0.2) is 0 Å². The number of carbonyl (C=O) groups excluding carboxylic acids is 1. The molecule has 19 heteroatoms. The summed E-state index contributed by atoms with van der Waals surface area (Å²) in [6.07, 6.45) is 17.1. The molecular weight excluding hydrogens is 990 g/mol. The molecule has 0 bridgehead atoms. The lowest BCUT2D eigenvalue weighted by Crippen LogP contribution is -2.67. The molecule has 75 heavy (non-hydrogen) atoms. The van der Waals surface area contributed by atoms with Crippen molar-refractivity contribution < 1.29 is 83.8 Å². The number of rotatable bonds is 48. The number of aliphatic hydroxyl groups is 10. The number of ether oxygens (including phenoxy) is 2. The minimum absolute atomic E-state index is 0.0911. The second-order valence-corrected chi connectivity index (χ2v) is 23.4. The van der Waals surface area contributed by atoms with Crippen molar-refractivity contribution in [3.63, 3.8) is 0 Å². The van der Waals surface area contributed by atoms with Crippen molar-refractivity contribution in [2.24, 2.45) is 0 Å². The van der Waals surface area contributed by atoms with E-state index in [1.807, 2.05) is 0 Å². The van der Waals surface area contributed by atoms with E-state index in [9.17, 15) is 65.3 Å². The molecule has 7 unspecified atom stereocenters. The molecule has 0 spiro atoms. The van der Waals surface area contributed by atoms with Crippen molar-refractivity contribution >= 4 is 13.7 Å². The summed E-state index contributed by atoms with van der Waals surface area (Å²) in [5.74, 6) is -0.478. The number of hydrogen-bond acceptors (Lipinski definition) is 16. The summed E-state index contributed by atoms with van der Waals surface area (Å²) in [6.45, 7) is 2.75. The van der Waals surface area contributed by atoms with Gasteiger partial charge in [-0.1, -0.05) is 232 Å². The highest BCUT2D eigenvalue weighted by molar-refractivity contribution is 7.47. The Kier molecular flexibility index (Phi) is 40.2. The maximum absolute atomic E-state index is 13.6. The highest BCUT2D eigenvalue weighted by Gasteiger charge is 2.55. The van der Waals surface area contributed by atoms with E-state index >= 15 is 0 Å². The molecule has 0 radical (unpaired) electrons. The molecular formula is C56H110NO17P. The van der Waals surface area contributed by atoms with Crippen molar-refractivity contribution in [1.82, 2.24) is 5.32 Å². The molecule has 12 N–H and O–H groups in total. The summed E-state index contributed by atoms with van der Waals surface area (Å²) in [5, 5.41) is 108. The number of unbranched alkanes of at least 4 members (excludes halogenated alkanes) is 33. The summed E-state index contributed by atoms with van der Waals surface area (Å²) in [4.78, 5) is 24.2. The van der Waals surface area contributed by atoms with Crippen molar-refractivity contribution in [3.05, 3.63) is 0 Å². The summed E-state index contributed by atoms with van der Waals surface area (Å²) in [6, 6.07) is -1.41. The Bertz CT molecular complexity index is 1420. The second kappa shape index (κ2) is 42.9. The minimum atomic E-state index is -5.42. The highest BCUT2D eigenvalue weighted by atomic mass is 31.2. The predicted octanol–water partition coefficient (Wildman–Crippen LogP) is 7.81. The highest BCUT2D eigenvalue weighted by Crippen LogP contribution is 2.48. The third kappa shape index (κ3) is 29.9. The zero-order valence-corrected chi connectivity index (χ0v) is 47.4. The van der Waals surface area contributed by atoms with Gasteiger partial charge in [-0.05, 0) is 12.8 Å². The van der Waals surface area contributed by atoms with Crippen LogP contribution < -0.4 is 5.32 Å². The standard InChI is InChI=1S/C56H110NO17P/c1-3-5-7-9-11-13-15-17-18-19-20-21-22-23-24-25-26-27-29-31-33-35-37-39-45(60)57-42(46(61)43(59)38-36-34-32-30-28-16-14-12-10-8-6-4-2)41-71-75(69,70)74-55-52(67)50(65)49(64)51(66)54(55)73-56-53(68)48(63)47(62)44(40-58)72-56/h42-44,46-56,58-59,61-68H,3-41H2,1-2H3,(H,57,60)(H,69,70)/t42-,43+,44+,46-,47+,48?,49?,50?,51+,52?,53?,54?,55-,56+/m0/s1. The van der Waals surface area contributed by atoms with Crippen LogP contribution in [0.3, 0.4) is 0 Å². The number of carbonyl (C=O) groups is 1. The first-order valence-corrected chi connectivity index (χ1v) is 31.6. The first-order chi connectivity index (χ1) is 36.1. The van der Waals surface area contributed by atoms with Crippen LogP contribution in [0.1, 0.15) is 251 Å². The molecule has 1 saturated carbocycles. The van der Waals surface area contributed by atoms with Gasteiger partial charge >= 0.3 is 7.82 Å². The topological polar surface area (TPSA) is 306 Å². The minimum Gasteiger partial charge on any atom is -0.394 e. The Hall–Kier alpha value is -0.900. The SMILES string of the molecule is CCCCCCCCCCCCCCCCCCCCCCCCCC(=O)N[C@@H](COP(=O)(O)O[C@H]1C(O)C(O)C(O)[C@@H](O)C1O[C@H]1O[C@H](CO)[C@@H](O)C(O)C1O)[C@H](O)[C@H](O)CCCCCCCCCCCCCC. The molecule has 15 atom stereocenters. The van der Waals surface area contributed by atoms with Crippen LogP contribution in [-0.2, 0) is 27.9 Å². The lowest BCUT2D eigenvalue weighted by Gasteiger charge is -2.47. The van der Waals surface area contributed by atoms with Crippen molar-refractivity contribution in [2.75, 3.05) is 13.2 Å². The molecule has 2 fully saturated rings. The van der Waals surface area contributed by atoms with Gasteiger partial charge in [-0.25, -0.2) is 4.57 Å². The fraction of sp³-hybridized carbons (Fsp3) is 0.982. The fourth-order valence-corrected chi connectivity index (χ4v) is 11.3. The number of hydrogen-bond donors (Lipinski definition) is 12. The average molecular weight is 1100 g/mol. The maximum atomic E-state index is 13.6. The van der Waals surface area contributed by atoms with E-state index in [-0.39, 0.29) is 12.8 Å². The first-order valence-electron chi connectivity index (χ1n) is 30.1. The number of aliphatic hydroxyl groups excluding tert-OH is 10.